The lowest BCUT2D eigenvalue weighted by atomic mass is 9.72. The molecule has 0 bridgehead atoms. The predicted molar refractivity (Wildman–Crippen MR) is 110 cm³/mol. The van der Waals surface area contributed by atoms with Gasteiger partial charge in [0.2, 0.25) is 11.8 Å². The van der Waals surface area contributed by atoms with Crippen molar-refractivity contribution in [3.63, 3.8) is 0 Å². The third kappa shape index (κ3) is 2.73. The molecule has 7 nitrogen and oxygen atoms in total. The van der Waals surface area contributed by atoms with E-state index in [0.717, 1.165) is 0 Å². The molecule has 0 saturated carbocycles. The Labute approximate surface area is 180 Å². The van der Waals surface area contributed by atoms with Gasteiger partial charge in [-0.05, 0) is 29.8 Å². The van der Waals surface area contributed by atoms with Gasteiger partial charge in [-0.25, -0.2) is 4.68 Å². The van der Waals surface area contributed by atoms with Gasteiger partial charge in [-0.3, -0.25) is 14.6 Å². The van der Waals surface area contributed by atoms with Crippen molar-refractivity contribution in [3.05, 3.63) is 68.5 Å². The van der Waals surface area contributed by atoms with Gasteiger partial charge in [0.05, 0.1) is 28.5 Å². The van der Waals surface area contributed by atoms with Crippen molar-refractivity contribution in [1.82, 2.24) is 14.8 Å². The fraction of sp³-hybridized carbons (Fsp3) is 0.158. The Kier molecular flexibility index (Phi) is 4.10. The number of benzene rings is 1. The number of hydrogen-bond acceptors (Lipinski definition) is 4. The molecule has 1 spiro atoms. The normalized spacial score (nSPS) is 19.7. The molecule has 0 radical (unpaired) electrons. The molecule has 2 aromatic heterocycles. The lowest BCUT2D eigenvalue weighted by Gasteiger charge is -2.31. The number of anilines is 2. The molecule has 10 heteroatoms. The second-order valence-corrected chi connectivity index (χ2v) is 8.20. The molecule has 0 fully saturated rings. The molecule has 29 heavy (non-hydrogen) atoms. The van der Waals surface area contributed by atoms with Crippen molar-refractivity contribution < 1.29 is 9.59 Å². The van der Waals surface area contributed by atoms with Crippen LogP contribution in [-0.4, -0.2) is 26.6 Å². The molecule has 3 aromatic rings. The Hall–Kier alpha value is -2.61. The van der Waals surface area contributed by atoms with Crippen LogP contribution in [0.1, 0.15) is 23.2 Å². The number of carbonyl (C=O) groups is 2. The first kappa shape index (κ1) is 18.4. The summed E-state index contributed by atoms with van der Waals surface area (Å²) in [4.78, 5) is 29.9. The minimum absolute atomic E-state index is 0.0369. The van der Waals surface area contributed by atoms with E-state index < -0.39 is 5.41 Å². The third-order valence-corrected chi connectivity index (χ3v) is 6.01. The van der Waals surface area contributed by atoms with E-state index in [1.807, 2.05) is 0 Å². The molecular weight excluding hydrogens is 437 g/mol. The molecule has 4 heterocycles. The smallest absolute Gasteiger partial charge is 0.240 e. The van der Waals surface area contributed by atoms with Crippen molar-refractivity contribution in [2.75, 3.05) is 10.6 Å². The highest BCUT2D eigenvalue weighted by Gasteiger charge is 2.54. The maximum absolute atomic E-state index is 13.1. The number of carbonyl (C=O) groups excluding carboxylic acids is 2. The highest BCUT2D eigenvalue weighted by atomic mass is 35.5. The number of aromatic nitrogens is 3. The molecule has 0 unspecified atom stereocenters. The largest absolute Gasteiger partial charge is 0.325 e. The van der Waals surface area contributed by atoms with Gasteiger partial charge in [0.25, 0.3) is 0 Å². The summed E-state index contributed by atoms with van der Waals surface area (Å²) in [5.74, 6) is -0.150. The van der Waals surface area contributed by atoms with Crippen LogP contribution in [-0.2, 0) is 21.5 Å². The van der Waals surface area contributed by atoms with Gasteiger partial charge < -0.3 is 10.6 Å². The number of pyridine rings is 1. The first-order valence-corrected chi connectivity index (χ1v) is 9.79. The van der Waals surface area contributed by atoms with Crippen LogP contribution in [0.4, 0.5) is 11.5 Å². The quantitative estimate of drug-likeness (QED) is 0.623. The lowest BCUT2D eigenvalue weighted by molar-refractivity contribution is -0.125. The molecule has 2 N–H and O–H groups in total. The van der Waals surface area contributed by atoms with E-state index >= 15 is 0 Å². The fourth-order valence-electron chi connectivity index (χ4n) is 3.94. The van der Waals surface area contributed by atoms with E-state index in [4.69, 9.17) is 34.8 Å². The Morgan fingerprint density at radius 1 is 1.03 bits per heavy atom. The van der Waals surface area contributed by atoms with Crippen molar-refractivity contribution in [2.45, 2.75) is 18.4 Å². The van der Waals surface area contributed by atoms with Crippen molar-refractivity contribution in [3.8, 4) is 0 Å². The topological polar surface area (TPSA) is 88.9 Å². The maximum atomic E-state index is 13.1. The summed E-state index contributed by atoms with van der Waals surface area (Å²) in [5, 5.41) is 11.4. The average Bonchev–Trinajstić information content (AvgIpc) is 3.18. The minimum atomic E-state index is -1.19. The van der Waals surface area contributed by atoms with Crippen molar-refractivity contribution in [1.29, 1.82) is 0 Å². The number of halogens is 3. The van der Waals surface area contributed by atoms with Gasteiger partial charge in [-0.1, -0.05) is 34.8 Å². The van der Waals surface area contributed by atoms with Crippen LogP contribution < -0.4 is 10.6 Å². The summed E-state index contributed by atoms with van der Waals surface area (Å²) in [7, 11) is 0. The van der Waals surface area contributed by atoms with E-state index in [-0.39, 0.29) is 24.8 Å². The predicted octanol–water partition coefficient (Wildman–Crippen LogP) is 3.87. The first-order chi connectivity index (χ1) is 13.9. The molecule has 2 aliphatic rings. The zero-order valence-electron chi connectivity index (χ0n) is 14.7. The monoisotopic (exact) mass is 447 g/mol. The zero-order chi connectivity index (χ0) is 20.3. The Bertz CT molecular complexity index is 1210. The zero-order valence-corrected chi connectivity index (χ0v) is 16.9. The fourth-order valence-corrected chi connectivity index (χ4v) is 4.55. The van der Waals surface area contributed by atoms with Crippen LogP contribution in [0.5, 0.6) is 0 Å². The van der Waals surface area contributed by atoms with E-state index in [9.17, 15) is 9.59 Å². The maximum Gasteiger partial charge on any atom is 0.240 e. The van der Waals surface area contributed by atoms with Gasteiger partial charge in [-0.15, -0.1) is 0 Å². The highest BCUT2D eigenvalue weighted by Crippen LogP contribution is 2.50. The van der Waals surface area contributed by atoms with Gasteiger partial charge >= 0.3 is 0 Å². The van der Waals surface area contributed by atoms with Crippen LogP contribution >= 0.6 is 34.8 Å². The summed E-state index contributed by atoms with van der Waals surface area (Å²) in [6.07, 6.45) is 3.04. The number of amides is 2. The van der Waals surface area contributed by atoms with Gasteiger partial charge in [-0.2, -0.15) is 5.10 Å². The van der Waals surface area contributed by atoms with Gasteiger partial charge in [0, 0.05) is 28.9 Å². The molecule has 1 aromatic carbocycles. The van der Waals surface area contributed by atoms with Crippen LogP contribution in [0.25, 0.3) is 0 Å². The second kappa shape index (κ2) is 6.45. The summed E-state index contributed by atoms with van der Waals surface area (Å²) in [5.41, 5.74) is 1.24. The van der Waals surface area contributed by atoms with E-state index in [1.54, 1.807) is 35.1 Å². The van der Waals surface area contributed by atoms with Crippen LogP contribution in [0, 0.1) is 0 Å². The van der Waals surface area contributed by atoms with Crippen LogP contribution in [0.3, 0.4) is 0 Å². The van der Waals surface area contributed by atoms with Gasteiger partial charge in [0.15, 0.2) is 0 Å². The Balaban J connectivity index is 1.65. The molecule has 5 rings (SSSR count). The highest BCUT2D eigenvalue weighted by molar-refractivity contribution is 6.34. The Morgan fingerprint density at radius 2 is 1.86 bits per heavy atom. The summed E-state index contributed by atoms with van der Waals surface area (Å²) in [6, 6.07) is 6.73. The van der Waals surface area contributed by atoms with Gasteiger partial charge in [0.1, 0.15) is 11.2 Å². The number of rotatable bonds is 2. The summed E-state index contributed by atoms with van der Waals surface area (Å²) < 4.78 is 1.56. The molecule has 2 amide bonds. The number of hydrogen-bond donors (Lipinski definition) is 2. The average molecular weight is 449 g/mol. The molecular formula is C19H12Cl3N5O2. The molecule has 0 saturated heterocycles. The molecule has 2 aliphatic heterocycles. The van der Waals surface area contributed by atoms with E-state index in [0.29, 0.717) is 43.4 Å². The van der Waals surface area contributed by atoms with Crippen molar-refractivity contribution >= 4 is 58.1 Å². The molecule has 1 atom stereocenters. The van der Waals surface area contributed by atoms with Crippen LogP contribution in [0.2, 0.25) is 15.1 Å². The van der Waals surface area contributed by atoms with Crippen molar-refractivity contribution in [2.24, 2.45) is 0 Å². The van der Waals surface area contributed by atoms with E-state index in [1.165, 1.54) is 6.20 Å². The SMILES string of the molecule is O=C1C[C@]2(C(=O)Nc3ccc(Cl)cc32)c2cnn(Cc3ncc(Cl)cc3Cl)c2N1. The number of nitrogens with one attached hydrogen (secondary N) is 2. The molecule has 146 valence electrons. The number of fused-ring (bicyclic) bond motifs is 4. The summed E-state index contributed by atoms with van der Waals surface area (Å²) >= 11 is 18.3. The molecule has 0 aliphatic carbocycles. The summed E-state index contributed by atoms with van der Waals surface area (Å²) in [6.45, 7) is 0.200. The third-order valence-electron chi connectivity index (χ3n) is 5.24. The van der Waals surface area contributed by atoms with Crippen LogP contribution in [0.15, 0.2) is 36.7 Å². The second-order valence-electron chi connectivity index (χ2n) is 6.92. The number of nitrogens with zero attached hydrogens (tertiary/aromatic N) is 3. The lowest BCUT2D eigenvalue weighted by Crippen LogP contribution is -2.43. The Morgan fingerprint density at radius 3 is 2.66 bits per heavy atom. The first-order valence-electron chi connectivity index (χ1n) is 8.66. The minimum Gasteiger partial charge on any atom is -0.325 e. The van der Waals surface area contributed by atoms with E-state index in [2.05, 4.69) is 20.7 Å². The standard InChI is InChI=1S/C19H12Cl3N5O2/c20-9-1-2-14-11(3-9)19(18(29)25-14)5-16(28)26-17-12(19)7-24-27(17)8-15-13(22)4-10(21)6-23-15/h1-4,6-7H,5,8H2,(H,25,29)(H,26,28)/t19-/m1/s1.